The Morgan fingerprint density at radius 3 is 2.52 bits per heavy atom. The highest BCUT2D eigenvalue weighted by molar-refractivity contribution is 9.10. The van der Waals surface area contributed by atoms with Gasteiger partial charge in [0.2, 0.25) is 0 Å². The molecule has 0 spiro atoms. The maximum atomic E-state index is 12.8. The van der Waals surface area contributed by atoms with Crippen LogP contribution in [0.25, 0.3) is 0 Å². The number of para-hydroxylation sites is 2. The molecular weight excluding hydrogens is 456 g/mol. The Labute approximate surface area is 178 Å². The third-order valence-corrected chi connectivity index (χ3v) is 5.96. The van der Waals surface area contributed by atoms with Crippen LogP contribution in [0.5, 0.6) is 5.75 Å². The molecule has 29 heavy (non-hydrogen) atoms. The normalized spacial score (nSPS) is 11.0. The fraction of sp³-hybridized carbons (Fsp3) is 0.0952. The zero-order valence-electron chi connectivity index (χ0n) is 15.6. The Morgan fingerprint density at radius 1 is 1.00 bits per heavy atom. The molecule has 3 rings (SSSR count). The van der Waals surface area contributed by atoms with E-state index in [2.05, 4.69) is 26.0 Å². The number of methoxy groups -OCH3 is 1. The van der Waals surface area contributed by atoms with E-state index in [9.17, 15) is 13.2 Å². The standard InChI is InChI=1S/C21H19BrN2O4S/c1-28-20-11-3-2-10-19(20)24-29(26,27)18-9-5-7-16(13-18)21(25)23-14-15-6-4-8-17(22)12-15/h2-13,24H,14H2,1H3,(H,23,25). The number of rotatable bonds is 7. The summed E-state index contributed by atoms with van der Waals surface area (Å²) in [5.41, 5.74) is 1.50. The predicted molar refractivity (Wildman–Crippen MR) is 116 cm³/mol. The highest BCUT2D eigenvalue weighted by atomic mass is 79.9. The monoisotopic (exact) mass is 474 g/mol. The second kappa shape index (κ2) is 9.11. The number of anilines is 1. The van der Waals surface area contributed by atoms with Crippen LogP contribution in [0.4, 0.5) is 5.69 Å². The lowest BCUT2D eigenvalue weighted by Crippen LogP contribution is -2.23. The first-order valence-electron chi connectivity index (χ1n) is 8.67. The van der Waals surface area contributed by atoms with E-state index in [1.54, 1.807) is 30.3 Å². The summed E-state index contributed by atoms with van der Waals surface area (Å²) in [6.07, 6.45) is 0. The smallest absolute Gasteiger partial charge is 0.262 e. The molecule has 0 fully saturated rings. The van der Waals surface area contributed by atoms with Crippen LogP contribution < -0.4 is 14.8 Å². The predicted octanol–water partition coefficient (Wildman–Crippen LogP) is 4.19. The summed E-state index contributed by atoms with van der Waals surface area (Å²) in [6.45, 7) is 0.328. The van der Waals surface area contributed by atoms with Gasteiger partial charge < -0.3 is 10.1 Å². The first-order valence-corrected chi connectivity index (χ1v) is 11.0. The molecule has 0 atom stereocenters. The Balaban J connectivity index is 1.76. The van der Waals surface area contributed by atoms with Gasteiger partial charge in [0.1, 0.15) is 5.75 Å². The summed E-state index contributed by atoms with van der Waals surface area (Å²) >= 11 is 3.39. The molecule has 150 valence electrons. The highest BCUT2D eigenvalue weighted by Crippen LogP contribution is 2.26. The van der Waals surface area contributed by atoms with Crippen LogP contribution in [-0.2, 0) is 16.6 Å². The van der Waals surface area contributed by atoms with Crippen molar-refractivity contribution >= 4 is 37.5 Å². The Morgan fingerprint density at radius 2 is 1.76 bits per heavy atom. The molecule has 0 aliphatic heterocycles. The number of carbonyl (C=O) groups excluding carboxylic acids is 1. The third-order valence-electron chi connectivity index (χ3n) is 4.10. The van der Waals surface area contributed by atoms with Crippen LogP contribution >= 0.6 is 15.9 Å². The molecule has 0 unspecified atom stereocenters. The van der Waals surface area contributed by atoms with Gasteiger partial charge in [-0.25, -0.2) is 8.42 Å². The summed E-state index contributed by atoms with van der Waals surface area (Å²) < 4.78 is 34.1. The van der Waals surface area contributed by atoms with E-state index in [1.165, 1.54) is 25.3 Å². The molecule has 1 amide bonds. The van der Waals surface area contributed by atoms with E-state index in [-0.39, 0.29) is 16.4 Å². The second-order valence-electron chi connectivity index (χ2n) is 6.15. The van der Waals surface area contributed by atoms with Crippen molar-refractivity contribution < 1.29 is 17.9 Å². The van der Waals surface area contributed by atoms with Gasteiger partial charge in [-0.05, 0) is 48.0 Å². The number of amides is 1. The number of halogens is 1. The quantitative estimate of drug-likeness (QED) is 0.537. The van der Waals surface area contributed by atoms with Crippen LogP contribution in [0.3, 0.4) is 0 Å². The summed E-state index contributed by atoms with van der Waals surface area (Å²) in [7, 11) is -2.43. The number of nitrogens with one attached hydrogen (secondary N) is 2. The van der Waals surface area contributed by atoms with Crippen molar-refractivity contribution in [3.63, 3.8) is 0 Å². The van der Waals surface area contributed by atoms with Crippen LogP contribution in [0.1, 0.15) is 15.9 Å². The summed E-state index contributed by atoms with van der Waals surface area (Å²) in [5.74, 6) is 0.0401. The van der Waals surface area contributed by atoms with Crippen LogP contribution in [0, 0.1) is 0 Å². The van der Waals surface area contributed by atoms with Gasteiger partial charge in [0.15, 0.2) is 0 Å². The minimum absolute atomic E-state index is 0.0153. The fourth-order valence-electron chi connectivity index (χ4n) is 2.67. The van der Waals surface area contributed by atoms with Crippen LogP contribution in [-0.4, -0.2) is 21.4 Å². The second-order valence-corrected chi connectivity index (χ2v) is 8.74. The molecule has 0 saturated carbocycles. The van der Waals surface area contributed by atoms with Crippen LogP contribution in [0.15, 0.2) is 82.2 Å². The van der Waals surface area contributed by atoms with Gasteiger partial charge in [-0.2, -0.15) is 0 Å². The number of benzene rings is 3. The van der Waals surface area contributed by atoms with E-state index in [0.29, 0.717) is 18.0 Å². The van der Waals surface area contributed by atoms with Crippen molar-refractivity contribution in [3.05, 3.63) is 88.4 Å². The van der Waals surface area contributed by atoms with Gasteiger partial charge in [-0.3, -0.25) is 9.52 Å². The fourth-order valence-corrected chi connectivity index (χ4v) is 4.23. The molecule has 0 aliphatic rings. The first kappa shape index (κ1) is 20.9. The van der Waals surface area contributed by atoms with Crippen LogP contribution in [0.2, 0.25) is 0 Å². The van der Waals surface area contributed by atoms with E-state index in [0.717, 1.165) is 10.0 Å². The largest absolute Gasteiger partial charge is 0.495 e. The average Bonchev–Trinajstić information content (AvgIpc) is 2.72. The first-order chi connectivity index (χ1) is 13.9. The number of hydrogen-bond donors (Lipinski definition) is 2. The van der Waals surface area contributed by atoms with E-state index in [1.807, 2.05) is 24.3 Å². The molecule has 0 saturated heterocycles. The highest BCUT2D eigenvalue weighted by Gasteiger charge is 2.18. The zero-order valence-corrected chi connectivity index (χ0v) is 18.0. The lowest BCUT2D eigenvalue weighted by atomic mass is 10.2. The minimum Gasteiger partial charge on any atom is -0.495 e. The molecular formula is C21H19BrN2O4S. The SMILES string of the molecule is COc1ccccc1NS(=O)(=O)c1cccc(C(=O)NCc2cccc(Br)c2)c1. The molecule has 2 N–H and O–H groups in total. The molecule has 6 nitrogen and oxygen atoms in total. The molecule has 0 aliphatic carbocycles. The van der Waals surface area contributed by atoms with Crippen molar-refractivity contribution in [1.82, 2.24) is 5.32 Å². The van der Waals surface area contributed by atoms with Gasteiger partial charge in [0.25, 0.3) is 15.9 Å². The van der Waals surface area contributed by atoms with Crippen molar-refractivity contribution in [3.8, 4) is 5.75 Å². The molecule has 0 bridgehead atoms. The van der Waals surface area contributed by atoms with Gasteiger partial charge in [-0.1, -0.05) is 46.3 Å². The van der Waals surface area contributed by atoms with Crippen molar-refractivity contribution in [2.24, 2.45) is 0 Å². The molecule has 3 aromatic carbocycles. The van der Waals surface area contributed by atoms with Gasteiger partial charge in [-0.15, -0.1) is 0 Å². The number of carbonyl (C=O) groups is 1. The lowest BCUT2D eigenvalue weighted by molar-refractivity contribution is 0.0950. The summed E-state index contributed by atoms with van der Waals surface area (Å²) in [5, 5.41) is 2.79. The number of ether oxygens (including phenoxy) is 1. The maximum absolute atomic E-state index is 12.8. The van der Waals surface area contributed by atoms with Gasteiger partial charge in [0.05, 0.1) is 17.7 Å². The van der Waals surface area contributed by atoms with Crippen molar-refractivity contribution in [1.29, 1.82) is 0 Å². The van der Waals surface area contributed by atoms with Gasteiger partial charge >= 0.3 is 0 Å². The molecule has 8 heteroatoms. The third kappa shape index (κ3) is 5.36. The summed E-state index contributed by atoms with van der Waals surface area (Å²) in [6, 6.07) is 20.1. The average molecular weight is 475 g/mol. The van der Waals surface area contributed by atoms with E-state index < -0.39 is 10.0 Å². The van der Waals surface area contributed by atoms with Crippen molar-refractivity contribution in [2.45, 2.75) is 11.4 Å². The molecule has 0 heterocycles. The van der Waals surface area contributed by atoms with E-state index in [4.69, 9.17) is 4.74 Å². The van der Waals surface area contributed by atoms with Crippen molar-refractivity contribution in [2.75, 3.05) is 11.8 Å². The molecule has 0 aromatic heterocycles. The minimum atomic E-state index is -3.89. The van der Waals surface area contributed by atoms with E-state index >= 15 is 0 Å². The number of sulfonamides is 1. The zero-order chi connectivity index (χ0) is 20.9. The topological polar surface area (TPSA) is 84.5 Å². The Kier molecular flexibility index (Phi) is 6.56. The maximum Gasteiger partial charge on any atom is 0.262 e. The Bertz CT molecular complexity index is 1130. The Hall–Kier alpha value is -2.84. The van der Waals surface area contributed by atoms with Gasteiger partial charge in [0, 0.05) is 16.6 Å². The lowest BCUT2D eigenvalue weighted by Gasteiger charge is -2.12. The summed E-state index contributed by atoms with van der Waals surface area (Å²) in [4.78, 5) is 12.5. The molecule has 0 radical (unpaired) electrons. The molecule has 3 aromatic rings. The number of hydrogen-bond acceptors (Lipinski definition) is 4.